The van der Waals surface area contributed by atoms with Gasteiger partial charge in [-0.05, 0) is 18.4 Å². The lowest BCUT2D eigenvalue weighted by atomic mass is 9.95. The van der Waals surface area contributed by atoms with Crippen molar-refractivity contribution in [2.24, 2.45) is 0 Å². The Morgan fingerprint density at radius 1 is 0.952 bits per heavy atom. The van der Waals surface area contributed by atoms with E-state index in [1.165, 1.54) is 37.7 Å². The van der Waals surface area contributed by atoms with Crippen molar-refractivity contribution in [1.82, 2.24) is 9.97 Å². The highest BCUT2D eigenvalue weighted by molar-refractivity contribution is 5.47. The summed E-state index contributed by atoms with van der Waals surface area (Å²) in [5, 5.41) is 6.88. The first kappa shape index (κ1) is 13.9. The minimum absolute atomic E-state index is 0.565. The SMILES string of the molecule is c1ccc(CNc2cc(NC3CCCCC3)ncn2)cc1. The molecule has 1 fully saturated rings. The molecule has 4 nitrogen and oxygen atoms in total. The minimum Gasteiger partial charge on any atom is -0.367 e. The lowest BCUT2D eigenvalue weighted by Gasteiger charge is -2.23. The van der Waals surface area contributed by atoms with Gasteiger partial charge >= 0.3 is 0 Å². The fraction of sp³-hybridized carbons (Fsp3) is 0.412. The summed E-state index contributed by atoms with van der Waals surface area (Å²) >= 11 is 0. The maximum atomic E-state index is 4.33. The molecule has 0 radical (unpaired) electrons. The molecule has 0 bridgehead atoms. The smallest absolute Gasteiger partial charge is 0.131 e. The van der Waals surface area contributed by atoms with E-state index in [2.05, 4.69) is 32.7 Å². The quantitative estimate of drug-likeness (QED) is 0.875. The highest BCUT2D eigenvalue weighted by Crippen LogP contribution is 2.21. The van der Waals surface area contributed by atoms with Crippen molar-refractivity contribution in [2.75, 3.05) is 10.6 Å². The van der Waals surface area contributed by atoms with Crippen LogP contribution in [0.3, 0.4) is 0 Å². The molecule has 0 aliphatic heterocycles. The summed E-state index contributed by atoms with van der Waals surface area (Å²) in [5.41, 5.74) is 1.25. The number of aromatic nitrogens is 2. The number of hydrogen-bond donors (Lipinski definition) is 2. The second-order valence-electron chi connectivity index (χ2n) is 5.61. The third-order valence-corrected chi connectivity index (χ3v) is 3.94. The summed E-state index contributed by atoms with van der Waals surface area (Å²) in [6.07, 6.45) is 8.13. The van der Waals surface area contributed by atoms with E-state index in [0.29, 0.717) is 6.04 Å². The van der Waals surface area contributed by atoms with Crippen molar-refractivity contribution in [3.05, 3.63) is 48.3 Å². The van der Waals surface area contributed by atoms with Crippen molar-refractivity contribution in [3.63, 3.8) is 0 Å². The molecule has 1 aliphatic carbocycles. The van der Waals surface area contributed by atoms with Crippen LogP contribution in [0.5, 0.6) is 0 Å². The average Bonchev–Trinajstić information content (AvgIpc) is 2.55. The van der Waals surface area contributed by atoms with E-state index in [0.717, 1.165) is 18.2 Å². The number of benzene rings is 1. The molecule has 2 aromatic rings. The first-order chi connectivity index (χ1) is 10.4. The Morgan fingerprint density at radius 2 is 1.71 bits per heavy atom. The summed E-state index contributed by atoms with van der Waals surface area (Å²) in [5.74, 6) is 1.79. The number of rotatable bonds is 5. The largest absolute Gasteiger partial charge is 0.367 e. The molecule has 110 valence electrons. The molecule has 1 saturated carbocycles. The first-order valence-corrected chi connectivity index (χ1v) is 7.76. The van der Waals surface area contributed by atoms with Crippen molar-refractivity contribution in [1.29, 1.82) is 0 Å². The molecular weight excluding hydrogens is 260 g/mol. The molecule has 0 amide bonds. The van der Waals surface area contributed by atoms with Crippen LogP contribution in [0.2, 0.25) is 0 Å². The molecule has 0 spiro atoms. The van der Waals surface area contributed by atoms with E-state index >= 15 is 0 Å². The Morgan fingerprint density at radius 3 is 2.52 bits per heavy atom. The highest BCUT2D eigenvalue weighted by atomic mass is 15.1. The van der Waals surface area contributed by atoms with Crippen LogP contribution in [0.15, 0.2) is 42.7 Å². The molecule has 0 atom stereocenters. The number of nitrogens with one attached hydrogen (secondary N) is 2. The van der Waals surface area contributed by atoms with Gasteiger partial charge in [0.2, 0.25) is 0 Å². The normalized spacial score (nSPS) is 15.6. The van der Waals surface area contributed by atoms with Crippen molar-refractivity contribution >= 4 is 11.6 Å². The zero-order chi connectivity index (χ0) is 14.3. The monoisotopic (exact) mass is 282 g/mol. The van der Waals surface area contributed by atoms with E-state index in [-0.39, 0.29) is 0 Å². The van der Waals surface area contributed by atoms with Gasteiger partial charge in [0.25, 0.3) is 0 Å². The van der Waals surface area contributed by atoms with E-state index in [1.54, 1.807) is 6.33 Å². The third-order valence-electron chi connectivity index (χ3n) is 3.94. The van der Waals surface area contributed by atoms with E-state index < -0.39 is 0 Å². The van der Waals surface area contributed by atoms with E-state index in [9.17, 15) is 0 Å². The van der Waals surface area contributed by atoms with Crippen LogP contribution in [0.25, 0.3) is 0 Å². The average molecular weight is 282 g/mol. The molecule has 0 saturated heterocycles. The summed E-state index contributed by atoms with van der Waals surface area (Å²) in [6.45, 7) is 0.778. The predicted molar refractivity (Wildman–Crippen MR) is 86.3 cm³/mol. The molecule has 0 unspecified atom stereocenters. The van der Waals surface area contributed by atoms with Crippen LogP contribution in [0.4, 0.5) is 11.6 Å². The molecule has 1 heterocycles. The second kappa shape index (κ2) is 7.07. The summed E-state index contributed by atoms with van der Waals surface area (Å²) < 4.78 is 0. The number of nitrogens with zero attached hydrogens (tertiary/aromatic N) is 2. The van der Waals surface area contributed by atoms with Crippen LogP contribution in [-0.4, -0.2) is 16.0 Å². The molecule has 21 heavy (non-hydrogen) atoms. The van der Waals surface area contributed by atoms with Gasteiger partial charge in [-0.1, -0.05) is 49.6 Å². The molecule has 2 N–H and O–H groups in total. The topological polar surface area (TPSA) is 49.8 Å². The Hall–Kier alpha value is -2.10. The predicted octanol–water partition coefficient (Wildman–Crippen LogP) is 3.83. The Balaban J connectivity index is 1.57. The van der Waals surface area contributed by atoms with Gasteiger partial charge in [0.15, 0.2) is 0 Å². The summed E-state index contributed by atoms with van der Waals surface area (Å²) in [6, 6.07) is 12.9. The van der Waals surface area contributed by atoms with Crippen molar-refractivity contribution < 1.29 is 0 Å². The van der Waals surface area contributed by atoms with Gasteiger partial charge in [-0.2, -0.15) is 0 Å². The maximum Gasteiger partial charge on any atom is 0.131 e. The molecular formula is C17H22N4. The summed E-state index contributed by atoms with van der Waals surface area (Å²) in [4.78, 5) is 8.61. The Kier molecular flexibility index (Phi) is 4.66. The van der Waals surface area contributed by atoms with Crippen molar-refractivity contribution in [2.45, 2.75) is 44.7 Å². The van der Waals surface area contributed by atoms with E-state index in [4.69, 9.17) is 0 Å². The molecule has 1 aromatic carbocycles. The van der Waals surface area contributed by atoms with Gasteiger partial charge in [-0.3, -0.25) is 0 Å². The van der Waals surface area contributed by atoms with Gasteiger partial charge < -0.3 is 10.6 Å². The van der Waals surface area contributed by atoms with Gasteiger partial charge in [-0.15, -0.1) is 0 Å². The highest BCUT2D eigenvalue weighted by Gasteiger charge is 2.13. The van der Waals surface area contributed by atoms with Gasteiger partial charge in [0.05, 0.1) is 0 Å². The maximum absolute atomic E-state index is 4.33. The van der Waals surface area contributed by atoms with Crippen molar-refractivity contribution in [3.8, 4) is 0 Å². The number of hydrogen-bond acceptors (Lipinski definition) is 4. The first-order valence-electron chi connectivity index (χ1n) is 7.76. The van der Waals surface area contributed by atoms with Gasteiger partial charge in [0, 0.05) is 18.7 Å². The van der Waals surface area contributed by atoms with Gasteiger partial charge in [-0.25, -0.2) is 9.97 Å². The fourth-order valence-electron chi connectivity index (χ4n) is 2.78. The zero-order valence-electron chi connectivity index (χ0n) is 12.3. The van der Waals surface area contributed by atoms with E-state index in [1.807, 2.05) is 24.3 Å². The fourth-order valence-corrected chi connectivity index (χ4v) is 2.78. The molecule has 3 rings (SSSR count). The standard InChI is InChI=1S/C17H22N4/c1-3-7-14(8-4-1)12-18-16-11-17(20-13-19-16)21-15-9-5-2-6-10-15/h1,3-4,7-8,11,13,15H,2,5-6,9-10,12H2,(H2,18,19,20,21). The second-order valence-corrected chi connectivity index (χ2v) is 5.61. The molecule has 4 heteroatoms. The number of anilines is 2. The lowest BCUT2D eigenvalue weighted by molar-refractivity contribution is 0.462. The van der Waals surface area contributed by atoms with Crippen LogP contribution in [0.1, 0.15) is 37.7 Å². The van der Waals surface area contributed by atoms with Crippen LogP contribution < -0.4 is 10.6 Å². The Labute approximate surface area is 126 Å². The summed E-state index contributed by atoms with van der Waals surface area (Å²) in [7, 11) is 0. The zero-order valence-corrected chi connectivity index (χ0v) is 12.3. The third kappa shape index (κ3) is 4.18. The lowest BCUT2D eigenvalue weighted by Crippen LogP contribution is -2.22. The molecule has 1 aromatic heterocycles. The van der Waals surface area contributed by atoms with Crippen LogP contribution in [-0.2, 0) is 6.54 Å². The van der Waals surface area contributed by atoms with Crippen LogP contribution in [0, 0.1) is 0 Å². The van der Waals surface area contributed by atoms with Crippen LogP contribution >= 0.6 is 0 Å². The molecule has 1 aliphatic rings. The Bertz CT molecular complexity index is 550. The van der Waals surface area contributed by atoms with Gasteiger partial charge in [0.1, 0.15) is 18.0 Å². The minimum atomic E-state index is 0.565.